The highest BCUT2D eigenvalue weighted by Gasteiger charge is 2.35. The Hall–Kier alpha value is -1.81. The molecule has 1 aromatic carbocycles. The summed E-state index contributed by atoms with van der Waals surface area (Å²) in [6.07, 6.45) is 1.56. The molecule has 20 heavy (non-hydrogen) atoms. The van der Waals surface area contributed by atoms with Crippen molar-refractivity contribution in [1.29, 1.82) is 0 Å². The van der Waals surface area contributed by atoms with Gasteiger partial charge in [-0.2, -0.15) is 0 Å². The lowest BCUT2D eigenvalue weighted by atomic mass is 9.90. The van der Waals surface area contributed by atoms with Gasteiger partial charge in [-0.15, -0.1) is 6.58 Å². The minimum atomic E-state index is -1.17. The molecule has 0 aliphatic rings. The van der Waals surface area contributed by atoms with Crippen LogP contribution in [0.3, 0.4) is 0 Å². The van der Waals surface area contributed by atoms with E-state index < -0.39 is 5.41 Å². The second-order valence-electron chi connectivity index (χ2n) is 5.04. The number of halogens is 1. The van der Waals surface area contributed by atoms with Crippen LogP contribution in [0.25, 0.3) is 0 Å². The number of carbonyl (C=O) groups is 2. The van der Waals surface area contributed by atoms with Gasteiger partial charge in [0.15, 0.2) is 0 Å². The standard InChI is InChI=1S/C15H19ClN2O2/c1-5-8-17-13(19)15(3,4)14(20)18-12-7-6-11(16)9-10(12)2/h5-7,9H,1,8H2,2-4H3,(H,17,19)(H,18,20). The molecule has 0 aliphatic heterocycles. The molecule has 0 fully saturated rings. The highest BCUT2D eigenvalue weighted by Crippen LogP contribution is 2.23. The van der Waals surface area contributed by atoms with Crippen LogP contribution in [0.15, 0.2) is 30.9 Å². The molecule has 0 unspecified atom stereocenters. The molecule has 0 saturated heterocycles. The average Bonchev–Trinajstić information content (AvgIpc) is 2.38. The summed E-state index contributed by atoms with van der Waals surface area (Å²) in [4.78, 5) is 24.2. The molecule has 2 amide bonds. The van der Waals surface area contributed by atoms with Gasteiger partial charge in [0.1, 0.15) is 5.41 Å². The summed E-state index contributed by atoms with van der Waals surface area (Å²) in [6.45, 7) is 8.84. The van der Waals surface area contributed by atoms with Crippen molar-refractivity contribution in [3.63, 3.8) is 0 Å². The van der Waals surface area contributed by atoms with Gasteiger partial charge in [0, 0.05) is 17.3 Å². The fourth-order valence-corrected chi connectivity index (χ4v) is 1.76. The predicted molar refractivity (Wildman–Crippen MR) is 81.8 cm³/mol. The third-order valence-corrected chi connectivity index (χ3v) is 3.21. The highest BCUT2D eigenvalue weighted by atomic mass is 35.5. The first-order valence-corrected chi connectivity index (χ1v) is 6.63. The van der Waals surface area contributed by atoms with Crippen molar-refractivity contribution in [3.8, 4) is 0 Å². The number of anilines is 1. The van der Waals surface area contributed by atoms with Gasteiger partial charge in [0.2, 0.25) is 11.8 Å². The van der Waals surface area contributed by atoms with Gasteiger partial charge in [0.05, 0.1) is 0 Å². The fourth-order valence-electron chi connectivity index (χ4n) is 1.53. The number of carbonyl (C=O) groups excluding carboxylic acids is 2. The molecule has 0 aromatic heterocycles. The average molecular weight is 295 g/mol. The zero-order chi connectivity index (χ0) is 15.3. The number of rotatable bonds is 5. The van der Waals surface area contributed by atoms with E-state index in [-0.39, 0.29) is 11.8 Å². The smallest absolute Gasteiger partial charge is 0.239 e. The lowest BCUT2D eigenvalue weighted by Gasteiger charge is -2.23. The van der Waals surface area contributed by atoms with Crippen LogP contribution in [0, 0.1) is 12.3 Å². The summed E-state index contributed by atoms with van der Waals surface area (Å²) < 4.78 is 0. The van der Waals surface area contributed by atoms with E-state index in [1.807, 2.05) is 6.92 Å². The number of amides is 2. The molecule has 1 aromatic rings. The normalized spacial score (nSPS) is 10.8. The van der Waals surface area contributed by atoms with Crippen LogP contribution < -0.4 is 10.6 Å². The first-order valence-electron chi connectivity index (χ1n) is 6.26. The molecule has 108 valence electrons. The van der Waals surface area contributed by atoms with Crippen LogP contribution >= 0.6 is 11.6 Å². The van der Waals surface area contributed by atoms with Gasteiger partial charge in [-0.3, -0.25) is 9.59 Å². The van der Waals surface area contributed by atoms with Crippen molar-refractivity contribution < 1.29 is 9.59 Å². The molecule has 0 saturated carbocycles. The van der Waals surface area contributed by atoms with E-state index >= 15 is 0 Å². The monoisotopic (exact) mass is 294 g/mol. The molecule has 0 bridgehead atoms. The Kier molecular flexibility index (Phi) is 5.34. The van der Waals surface area contributed by atoms with Crippen molar-refractivity contribution in [2.75, 3.05) is 11.9 Å². The fraction of sp³-hybridized carbons (Fsp3) is 0.333. The Morgan fingerprint density at radius 3 is 2.55 bits per heavy atom. The van der Waals surface area contributed by atoms with Crippen molar-refractivity contribution in [1.82, 2.24) is 5.32 Å². The zero-order valence-corrected chi connectivity index (χ0v) is 12.7. The summed E-state index contributed by atoms with van der Waals surface area (Å²) >= 11 is 5.86. The van der Waals surface area contributed by atoms with Crippen molar-refractivity contribution in [3.05, 3.63) is 41.4 Å². The zero-order valence-electron chi connectivity index (χ0n) is 11.9. The van der Waals surface area contributed by atoms with Gasteiger partial charge in [-0.25, -0.2) is 0 Å². The second-order valence-corrected chi connectivity index (χ2v) is 5.47. The maximum absolute atomic E-state index is 12.2. The van der Waals surface area contributed by atoms with E-state index in [1.54, 1.807) is 38.1 Å². The minimum absolute atomic E-state index is 0.329. The van der Waals surface area contributed by atoms with Crippen LogP contribution in [0.5, 0.6) is 0 Å². The first kappa shape index (κ1) is 16.2. The molecule has 0 atom stereocenters. The van der Waals surface area contributed by atoms with Crippen LogP contribution in [0.4, 0.5) is 5.69 Å². The quantitative estimate of drug-likeness (QED) is 0.648. The van der Waals surface area contributed by atoms with Crippen LogP contribution in [0.1, 0.15) is 19.4 Å². The molecular formula is C15H19ClN2O2. The second kappa shape index (κ2) is 6.57. The summed E-state index contributed by atoms with van der Waals surface area (Å²) in [7, 11) is 0. The van der Waals surface area contributed by atoms with Crippen LogP contribution in [-0.4, -0.2) is 18.4 Å². The Bertz CT molecular complexity index is 539. The first-order chi connectivity index (χ1) is 9.28. The Labute approximate surface area is 124 Å². The van der Waals surface area contributed by atoms with Crippen molar-refractivity contribution in [2.45, 2.75) is 20.8 Å². The largest absolute Gasteiger partial charge is 0.352 e. The molecular weight excluding hydrogens is 276 g/mol. The Morgan fingerprint density at radius 2 is 2.00 bits per heavy atom. The number of hydrogen-bond donors (Lipinski definition) is 2. The van der Waals surface area contributed by atoms with E-state index in [1.165, 1.54) is 0 Å². The number of aryl methyl sites for hydroxylation is 1. The minimum Gasteiger partial charge on any atom is -0.352 e. The lowest BCUT2D eigenvalue weighted by Crippen LogP contribution is -2.45. The third-order valence-electron chi connectivity index (χ3n) is 2.98. The van der Waals surface area contributed by atoms with Gasteiger partial charge >= 0.3 is 0 Å². The molecule has 2 N–H and O–H groups in total. The molecule has 4 nitrogen and oxygen atoms in total. The van der Waals surface area contributed by atoms with E-state index in [0.717, 1.165) is 5.56 Å². The topological polar surface area (TPSA) is 58.2 Å². The van der Waals surface area contributed by atoms with Gasteiger partial charge < -0.3 is 10.6 Å². The molecule has 1 rings (SSSR count). The third kappa shape index (κ3) is 3.84. The van der Waals surface area contributed by atoms with E-state index in [2.05, 4.69) is 17.2 Å². The summed E-state index contributed by atoms with van der Waals surface area (Å²) in [5.74, 6) is -0.717. The summed E-state index contributed by atoms with van der Waals surface area (Å²) in [5.41, 5.74) is 0.312. The maximum Gasteiger partial charge on any atom is 0.239 e. The van der Waals surface area contributed by atoms with Crippen LogP contribution in [0.2, 0.25) is 5.02 Å². The molecule has 5 heteroatoms. The SMILES string of the molecule is C=CCNC(=O)C(C)(C)C(=O)Nc1ccc(Cl)cc1C. The van der Waals surface area contributed by atoms with Gasteiger partial charge in [0.25, 0.3) is 0 Å². The van der Waals surface area contributed by atoms with E-state index in [9.17, 15) is 9.59 Å². The maximum atomic E-state index is 12.2. The molecule has 0 spiro atoms. The highest BCUT2D eigenvalue weighted by molar-refractivity contribution is 6.30. The van der Waals surface area contributed by atoms with Gasteiger partial charge in [-0.05, 0) is 44.5 Å². The van der Waals surface area contributed by atoms with E-state index in [0.29, 0.717) is 17.3 Å². The number of benzene rings is 1. The number of hydrogen-bond acceptors (Lipinski definition) is 2. The lowest BCUT2D eigenvalue weighted by molar-refractivity contribution is -0.138. The molecule has 0 heterocycles. The predicted octanol–water partition coefficient (Wildman–Crippen LogP) is 2.92. The van der Waals surface area contributed by atoms with Gasteiger partial charge in [-0.1, -0.05) is 17.7 Å². The summed E-state index contributed by atoms with van der Waals surface area (Å²) in [5, 5.41) is 5.98. The number of nitrogens with one attached hydrogen (secondary N) is 2. The Morgan fingerprint density at radius 1 is 1.35 bits per heavy atom. The molecule has 0 radical (unpaired) electrons. The van der Waals surface area contributed by atoms with E-state index in [4.69, 9.17) is 11.6 Å². The van der Waals surface area contributed by atoms with Crippen LogP contribution in [-0.2, 0) is 9.59 Å². The van der Waals surface area contributed by atoms with Crippen molar-refractivity contribution in [2.24, 2.45) is 5.41 Å². The molecule has 0 aliphatic carbocycles. The summed E-state index contributed by atoms with van der Waals surface area (Å²) in [6, 6.07) is 5.16. The van der Waals surface area contributed by atoms with Crippen molar-refractivity contribution >= 4 is 29.1 Å². The Balaban J connectivity index is 2.83.